The predicted octanol–water partition coefficient (Wildman–Crippen LogP) is 4.21. The van der Waals surface area contributed by atoms with Crippen LogP contribution in [0.4, 0.5) is 4.39 Å². The standard InChI is InChI=1S/C24H28FN3O2/c1-5-27(16-22(29)26-24(2,3)4)23(30)21-14-17-10-7-9-13-20(17)28(21)15-18-11-6-8-12-19(18)25/h6-14H,5,15-16H2,1-4H3,(H,26,29). The molecule has 0 aliphatic rings. The van der Waals surface area contributed by atoms with Crippen molar-refractivity contribution in [1.29, 1.82) is 0 Å². The number of hydrogen-bond acceptors (Lipinski definition) is 2. The molecule has 0 saturated carbocycles. The van der Waals surface area contributed by atoms with E-state index in [0.717, 1.165) is 10.9 Å². The van der Waals surface area contributed by atoms with Gasteiger partial charge in [0.15, 0.2) is 0 Å². The van der Waals surface area contributed by atoms with E-state index < -0.39 is 0 Å². The highest BCUT2D eigenvalue weighted by atomic mass is 19.1. The van der Waals surface area contributed by atoms with Crippen molar-refractivity contribution in [3.63, 3.8) is 0 Å². The lowest BCUT2D eigenvalue weighted by Crippen LogP contribution is -2.47. The summed E-state index contributed by atoms with van der Waals surface area (Å²) in [5.41, 5.74) is 1.41. The normalized spacial score (nSPS) is 11.5. The molecule has 0 atom stereocenters. The van der Waals surface area contributed by atoms with Crippen LogP contribution in [-0.4, -0.2) is 39.9 Å². The van der Waals surface area contributed by atoms with Crippen molar-refractivity contribution < 1.29 is 14.0 Å². The molecule has 5 nitrogen and oxygen atoms in total. The summed E-state index contributed by atoms with van der Waals surface area (Å²) in [6.45, 7) is 8.12. The van der Waals surface area contributed by atoms with Crippen molar-refractivity contribution in [2.75, 3.05) is 13.1 Å². The van der Waals surface area contributed by atoms with Crippen molar-refractivity contribution in [1.82, 2.24) is 14.8 Å². The number of para-hydroxylation sites is 1. The van der Waals surface area contributed by atoms with Crippen LogP contribution in [0.3, 0.4) is 0 Å². The van der Waals surface area contributed by atoms with Crippen molar-refractivity contribution in [2.24, 2.45) is 0 Å². The fourth-order valence-electron chi connectivity index (χ4n) is 3.48. The minimum atomic E-state index is -0.376. The molecule has 0 radical (unpaired) electrons. The van der Waals surface area contributed by atoms with Crippen molar-refractivity contribution in [3.05, 3.63) is 71.7 Å². The largest absolute Gasteiger partial charge is 0.350 e. The number of halogens is 1. The lowest BCUT2D eigenvalue weighted by molar-refractivity contribution is -0.123. The van der Waals surface area contributed by atoms with Gasteiger partial charge < -0.3 is 14.8 Å². The smallest absolute Gasteiger partial charge is 0.270 e. The number of carbonyl (C=O) groups is 2. The number of nitrogens with zero attached hydrogens (tertiary/aromatic N) is 2. The van der Waals surface area contributed by atoms with Crippen LogP contribution in [0, 0.1) is 5.82 Å². The summed E-state index contributed by atoms with van der Waals surface area (Å²) in [5.74, 6) is -0.783. The Hall–Kier alpha value is -3.15. The van der Waals surface area contributed by atoms with E-state index in [1.54, 1.807) is 18.2 Å². The fourth-order valence-corrected chi connectivity index (χ4v) is 3.48. The lowest BCUT2D eigenvalue weighted by atomic mass is 10.1. The SMILES string of the molecule is CCN(CC(=O)NC(C)(C)C)C(=O)c1cc2ccccc2n1Cc1ccccc1F. The second kappa shape index (κ2) is 8.69. The lowest BCUT2D eigenvalue weighted by Gasteiger charge is -2.25. The Labute approximate surface area is 176 Å². The Morgan fingerprint density at radius 1 is 1.07 bits per heavy atom. The van der Waals surface area contributed by atoms with Gasteiger partial charge in [0, 0.05) is 28.6 Å². The molecule has 0 unspecified atom stereocenters. The van der Waals surface area contributed by atoms with Gasteiger partial charge in [-0.3, -0.25) is 9.59 Å². The second-order valence-corrected chi connectivity index (χ2v) is 8.38. The molecule has 0 aliphatic heterocycles. The van der Waals surface area contributed by atoms with Gasteiger partial charge in [-0.25, -0.2) is 4.39 Å². The summed E-state index contributed by atoms with van der Waals surface area (Å²) in [7, 11) is 0. The molecule has 158 valence electrons. The van der Waals surface area contributed by atoms with Crippen molar-refractivity contribution >= 4 is 22.7 Å². The third-order valence-electron chi connectivity index (χ3n) is 4.83. The molecule has 0 fully saturated rings. The van der Waals surface area contributed by atoms with Crippen LogP contribution in [0.5, 0.6) is 0 Å². The third-order valence-corrected chi connectivity index (χ3v) is 4.83. The number of carbonyl (C=O) groups excluding carboxylic acids is 2. The molecule has 2 amide bonds. The maximum absolute atomic E-state index is 14.3. The summed E-state index contributed by atoms with van der Waals surface area (Å²) in [5, 5.41) is 3.79. The van der Waals surface area contributed by atoms with Gasteiger partial charge >= 0.3 is 0 Å². The highest BCUT2D eigenvalue weighted by molar-refractivity contribution is 6.00. The third kappa shape index (κ3) is 4.87. The van der Waals surface area contributed by atoms with E-state index in [4.69, 9.17) is 0 Å². The zero-order chi connectivity index (χ0) is 21.9. The predicted molar refractivity (Wildman–Crippen MR) is 117 cm³/mol. The molecular formula is C24H28FN3O2. The van der Waals surface area contributed by atoms with E-state index in [9.17, 15) is 14.0 Å². The van der Waals surface area contributed by atoms with E-state index in [1.165, 1.54) is 11.0 Å². The molecule has 0 saturated heterocycles. The van der Waals surface area contributed by atoms with Gasteiger partial charge in [0.2, 0.25) is 5.91 Å². The van der Waals surface area contributed by atoms with Crippen LogP contribution in [0.25, 0.3) is 10.9 Å². The Bertz CT molecular complexity index is 1070. The summed E-state index contributed by atoms with van der Waals surface area (Å²) >= 11 is 0. The van der Waals surface area contributed by atoms with Crippen LogP contribution in [0.2, 0.25) is 0 Å². The van der Waals surface area contributed by atoms with E-state index in [1.807, 2.05) is 62.6 Å². The first kappa shape index (κ1) is 21.6. The molecule has 6 heteroatoms. The van der Waals surface area contributed by atoms with Gasteiger partial charge in [0.05, 0.1) is 13.1 Å². The highest BCUT2D eigenvalue weighted by Gasteiger charge is 2.24. The van der Waals surface area contributed by atoms with Crippen LogP contribution < -0.4 is 5.32 Å². The Balaban J connectivity index is 1.96. The van der Waals surface area contributed by atoms with Gasteiger partial charge in [-0.2, -0.15) is 0 Å². The summed E-state index contributed by atoms with van der Waals surface area (Å²) in [6.07, 6.45) is 0. The van der Waals surface area contributed by atoms with Crippen molar-refractivity contribution in [3.8, 4) is 0 Å². The van der Waals surface area contributed by atoms with E-state index in [0.29, 0.717) is 17.8 Å². The Morgan fingerprint density at radius 3 is 2.40 bits per heavy atom. The monoisotopic (exact) mass is 409 g/mol. The number of amides is 2. The van der Waals surface area contributed by atoms with Crippen molar-refractivity contribution in [2.45, 2.75) is 39.8 Å². The van der Waals surface area contributed by atoms with Crippen LogP contribution in [0.15, 0.2) is 54.6 Å². The van der Waals surface area contributed by atoms with E-state index in [-0.39, 0.29) is 36.3 Å². The highest BCUT2D eigenvalue weighted by Crippen LogP contribution is 2.23. The van der Waals surface area contributed by atoms with E-state index in [2.05, 4.69) is 5.32 Å². The number of benzene rings is 2. The van der Waals surface area contributed by atoms with Gasteiger partial charge in [-0.1, -0.05) is 36.4 Å². The number of hydrogen-bond donors (Lipinski definition) is 1. The number of rotatable bonds is 6. The van der Waals surface area contributed by atoms with Crippen LogP contribution in [0.1, 0.15) is 43.7 Å². The first-order chi connectivity index (χ1) is 14.2. The number of nitrogens with one attached hydrogen (secondary N) is 1. The van der Waals surface area contributed by atoms with Gasteiger partial charge in [-0.15, -0.1) is 0 Å². The molecule has 1 N–H and O–H groups in total. The number of fused-ring (bicyclic) bond motifs is 1. The zero-order valence-electron chi connectivity index (χ0n) is 17.9. The minimum Gasteiger partial charge on any atom is -0.350 e. The Morgan fingerprint density at radius 2 is 1.73 bits per heavy atom. The fraction of sp³-hybridized carbons (Fsp3) is 0.333. The quantitative estimate of drug-likeness (QED) is 0.663. The first-order valence-electron chi connectivity index (χ1n) is 10.1. The number of aromatic nitrogens is 1. The van der Waals surface area contributed by atoms with Crippen LogP contribution >= 0.6 is 0 Å². The first-order valence-corrected chi connectivity index (χ1v) is 10.1. The molecule has 0 bridgehead atoms. The summed E-state index contributed by atoms with van der Waals surface area (Å²) in [6, 6.07) is 16.0. The Kier molecular flexibility index (Phi) is 6.25. The molecule has 0 spiro atoms. The summed E-state index contributed by atoms with van der Waals surface area (Å²) < 4.78 is 16.1. The molecule has 3 rings (SSSR count). The molecule has 1 aromatic heterocycles. The molecule has 1 heterocycles. The molecule has 30 heavy (non-hydrogen) atoms. The molecule has 2 aromatic carbocycles. The average Bonchev–Trinajstić information content (AvgIpc) is 3.04. The van der Waals surface area contributed by atoms with Gasteiger partial charge in [0.1, 0.15) is 11.5 Å². The second-order valence-electron chi connectivity index (χ2n) is 8.38. The molecular weight excluding hydrogens is 381 g/mol. The number of likely N-dealkylation sites (N-methyl/N-ethyl adjacent to an activating group) is 1. The van der Waals surface area contributed by atoms with Gasteiger partial charge in [0.25, 0.3) is 5.91 Å². The van der Waals surface area contributed by atoms with Gasteiger partial charge in [-0.05, 0) is 45.9 Å². The average molecular weight is 410 g/mol. The van der Waals surface area contributed by atoms with E-state index >= 15 is 0 Å². The minimum absolute atomic E-state index is 0.0339. The molecule has 0 aliphatic carbocycles. The molecule has 3 aromatic rings. The maximum Gasteiger partial charge on any atom is 0.270 e. The summed E-state index contributed by atoms with van der Waals surface area (Å²) in [4.78, 5) is 27.3. The zero-order valence-corrected chi connectivity index (χ0v) is 17.9. The van der Waals surface area contributed by atoms with Crippen LogP contribution in [-0.2, 0) is 11.3 Å². The topological polar surface area (TPSA) is 54.3 Å². The maximum atomic E-state index is 14.3.